The number of piperidine rings is 1. The van der Waals surface area contributed by atoms with Gasteiger partial charge >= 0.3 is 0 Å². The van der Waals surface area contributed by atoms with E-state index in [-0.39, 0.29) is 29.6 Å². The third kappa shape index (κ3) is 5.91. The molecule has 2 aromatic carbocycles. The largest absolute Gasteiger partial charge is 0.354 e. The Hall–Kier alpha value is -2.73. The van der Waals surface area contributed by atoms with Gasteiger partial charge in [-0.3, -0.25) is 9.59 Å². The summed E-state index contributed by atoms with van der Waals surface area (Å²) >= 11 is 0. The molecule has 0 spiro atoms. The van der Waals surface area contributed by atoms with E-state index in [1.54, 1.807) is 11.0 Å². The van der Waals surface area contributed by atoms with E-state index in [0.717, 1.165) is 29.5 Å². The summed E-state index contributed by atoms with van der Waals surface area (Å²) in [5.41, 5.74) is 3.61. The first kappa shape index (κ1) is 22.9. The van der Waals surface area contributed by atoms with E-state index < -0.39 is 0 Å². The van der Waals surface area contributed by atoms with Crippen LogP contribution in [0.1, 0.15) is 45.9 Å². The minimum Gasteiger partial charge on any atom is -0.354 e. The molecule has 1 aliphatic rings. The van der Waals surface area contributed by atoms with Crippen molar-refractivity contribution in [2.75, 3.05) is 33.7 Å². The minimum atomic E-state index is -0.288. The number of benzene rings is 2. The lowest BCUT2D eigenvalue weighted by molar-refractivity contribution is -0.126. The zero-order chi connectivity index (χ0) is 22.5. The molecule has 0 saturated carbocycles. The first-order valence-corrected chi connectivity index (χ1v) is 10.8. The molecular formula is C25H32FN3O2. The fraction of sp³-hybridized carbons (Fsp3) is 0.440. The summed E-state index contributed by atoms with van der Waals surface area (Å²) in [4.78, 5) is 29.6. The van der Waals surface area contributed by atoms with Crippen molar-refractivity contribution >= 4 is 11.8 Å². The van der Waals surface area contributed by atoms with Crippen molar-refractivity contribution in [1.29, 1.82) is 0 Å². The average Bonchev–Trinajstić information content (AvgIpc) is 2.72. The van der Waals surface area contributed by atoms with Gasteiger partial charge in [0.05, 0.1) is 12.0 Å². The third-order valence-corrected chi connectivity index (χ3v) is 5.87. The van der Waals surface area contributed by atoms with Crippen molar-refractivity contribution in [3.63, 3.8) is 0 Å². The molecule has 166 valence electrons. The lowest BCUT2D eigenvalue weighted by atomic mass is 9.95. The zero-order valence-electron chi connectivity index (χ0n) is 18.8. The van der Waals surface area contributed by atoms with Crippen LogP contribution >= 0.6 is 0 Å². The van der Waals surface area contributed by atoms with Gasteiger partial charge in [-0.2, -0.15) is 0 Å². The van der Waals surface area contributed by atoms with E-state index in [0.29, 0.717) is 25.2 Å². The number of aryl methyl sites for hydroxylation is 2. The molecule has 1 N–H and O–H groups in total. The van der Waals surface area contributed by atoms with Gasteiger partial charge in [0.1, 0.15) is 5.82 Å². The molecule has 6 heteroatoms. The van der Waals surface area contributed by atoms with Crippen LogP contribution in [0.4, 0.5) is 4.39 Å². The fourth-order valence-electron chi connectivity index (χ4n) is 4.31. The van der Waals surface area contributed by atoms with E-state index in [1.165, 1.54) is 12.1 Å². The number of nitrogens with zero attached hydrogens (tertiary/aromatic N) is 2. The Bertz CT molecular complexity index is 924. The molecule has 2 aromatic rings. The first-order valence-electron chi connectivity index (χ1n) is 10.8. The lowest BCUT2D eigenvalue weighted by Crippen LogP contribution is -2.46. The van der Waals surface area contributed by atoms with Gasteiger partial charge in [-0.15, -0.1) is 0 Å². The van der Waals surface area contributed by atoms with Crippen LogP contribution in [0, 0.1) is 25.6 Å². The van der Waals surface area contributed by atoms with Crippen LogP contribution < -0.4 is 5.32 Å². The summed E-state index contributed by atoms with van der Waals surface area (Å²) in [5, 5.41) is 3.03. The highest BCUT2D eigenvalue weighted by molar-refractivity contribution is 5.95. The second kappa shape index (κ2) is 10.1. The number of hydrogen-bond donors (Lipinski definition) is 1. The number of hydrogen-bond acceptors (Lipinski definition) is 3. The van der Waals surface area contributed by atoms with Gasteiger partial charge < -0.3 is 15.1 Å². The molecule has 31 heavy (non-hydrogen) atoms. The Morgan fingerprint density at radius 3 is 2.52 bits per heavy atom. The number of halogens is 1. The van der Waals surface area contributed by atoms with Crippen molar-refractivity contribution in [2.24, 2.45) is 5.92 Å². The lowest BCUT2D eigenvalue weighted by Gasteiger charge is -2.33. The predicted octanol–water partition coefficient (Wildman–Crippen LogP) is 3.71. The SMILES string of the molecule is Cc1cc(C)cc(C(=O)N2CCCC(C(=O)NCC(c3cccc(F)c3)N(C)C)C2)c1. The molecular weight excluding hydrogens is 393 g/mol. The second-order valence-electron chi connectivity index (χ2n) is 8.75. The predicted molar refractivity (Wildman–Crippen MR) is 120 cm³/mol. The zero-order valence-corrected chi connectivity index (χ0v) is 18.8. The molecule has 1 aliphatic heterocycles. The van der Waals surface area contributed by atoms with Crippen LogP contribution in [0.25, 0.3) is 0 Å². The number of nitrogens with one attached hydrogen (secondary N) is 1. The summed E-state index contributed by atoms with van der Waals surface area (Å²) in [6.07, 6.45) is 1.56. The first-order chi connectivity index (χ1) is 14.7. The van der Waals surface area contributed by atoms with Crippen molar-refractivity contribution in [1.82, 2.24) is 15.1 Å². The van der Waals surface area contributed by atoms with Crippen molar-refractivity contribution in [2.45, 2.75) is 32.7 Å². The van der Waals surface area contributed by atoms with Crippen molar-refractivity contribution in [3.05, 3.63) is 70.5 Å². The number of likely N-dealkylation sites (N-methyl/N-ethyl adjacent to an activating group) is 1. The Labute approximate surface area is 184 Å². The van der Waals surface area contributed by atoms with E-state index >= 15 is 0 Å². The summed E-state index contributed by atoms with van der Waals surface area (Å²) < 4.78 is 13.6. The van der Waals surface area contributed by atoms with Gasteiger partial charge in [-0.25, -0.2) is 4.39 Å². The Morgan fingerprint density at radius 1 is 1.16 bits per heavy atom. The van der Waals surface area contributed by atoms with Crippen LogP contribution in [0.3, 0.4) is 0 Å². The van der Waals surface area contributed by atoms with Crippen LogP contribution in [-0.4, -0.2) is 55.3 Å². The van der Waals surface area contributed by atoms with Gasteiger partial charge in [0, 0.05) is 25.2 Å². The van der Waals surface area contributed by atoms with Gasteiger partial charge in [0.25, 0.3) is 5.91 Å². The van der Waals surface area contributed by atoms with E-state index in [9.17, 15) is 14.0 Å². The highest BCUT2D eigenvalue weighted by Crippen LogP contribution is 2.22. The molecule has 2 unspecified atom stereocenters. The summed E-state index contributed by atoms with van der Waals surface area (Å²) in [5.74, 6) is -0.598. The van der Waals surface area contributed by atoms with Crippen LogP contribution in [-0.2, 0) is 4.79 Å². The maximum atomic E-state index is 13.6. The van der Waals surface area contributed by atoms with E-state index in [4.69, 9.17) is 0 Å². The maximum Gasteiger partial charge on any atom is 0.253 e. The molecule has 1 fully saturated rings. The topological polar surface area (TPSA) is 52.7 Å². The number of rotatable bonds is 6. The molecule has 0 aliphatic carbocycles. The Kier molecular flexibility index (Phi) is 7.44. The van der Waals surface area contributed by atoms with Gasteiger partial charge in [0.15, 0.2) is 0 Å². The average molecular weight is 426 g/mol. The smallest absolute Gasteiger partial charge is 0.253 e. The fourth-order valence-corrected chi connectivity index (χ4v) is 4.31. The monoisotopic (exact) mass is 425 g/mol. The van der Waals surface area contributed by atoms with Crippen LogP contribution in [0.2, 0.25) is 0 Å². The summed E-state index contributed by atoms with van der Waals surface area (Å²) in [6.45, 7) is 5.44. The molecule has 0 bridgehead atoms. The molecule has 1 saturated heterocycles. The Morgan fingerprint density at radius 2 is 1.87 bits per heavy atom. The van der Waals surface area contributed by atoms with E-state index in [2.05, 4.69) is 5.32 Å². The molecule has 2 atom stereocenters. The standard InChI is InChI=1S/C25H32FN3O2/c1-17-11-18(2)13-21(12-17)25(31)29-10-6-8-20(16-29)24(30)27-15-23(28(3)4)19-7-5-9-22(26)14-19/h5,7,9,11-14,20,23H,6,8,10,15-16H2,1-4H3,(H,27,30). The van der Waals surface area contributed by atoms with Crippen LogP contribution in [0.15, 0.2) is 42.5 Å². The maximum absolute atomic E-state index is 13.6. The molecule has 0 radical (unpaired) electrons. The highest BCUT2D eigenvalue weighted by Gasteiger charge is 2.29. The molecule has 1 heterocycles. The van der Waals surface area contributed by atoms with Crippen molar-refractivity contribution < 1.29 is 14.0 Å². The van der Waals surface area contributed by atoms with Gasteiger partial charge in [-0.05, 0) is 70.6 Å². The summed E-state index contributed by atoms with van der Waals surface area (Å²) in [6, 6.07) is 12.2. The number of amides is 2. The molecule has 3 rings (SSSR count). The normalized spacial score (nSPS) is 17.5. The highest BCUT2D eigenvalue weighted by atomic mass is 19.1. The van der Waals surface area contributed by atoms with Gasteiger partial charge in [0.2, 0.25) is 5.91 Å². The quantitative estimate of drug-likeness (QED) is 0.768. The summed E-state index contributed by atoms with van der Waals surface area (Å²) in [7, 11) is 3.82. The third-order valence-electron chi connectivity index (χ3n) is 5.87. The number of carbonyl (C=O) groups excluding carboxylic acids is 2. The van der Waals surface area contributed by atoms with E-state index in [1.807, 2.05) is 57.1 Å². The molecule has 5 nitrogen and oxygen atoms in total. The molecule has 2 amide bonds. The van der Waals surface area contributed by atoms with Crippen molar-refractivity contribution in [3.8, 4) is 0 Å². The van der Waals surface area contributed by atoms with Gasteiger partial charge in [-0.1, -0.05) is 29.3 Å². The Balaban J connectivity index is 1.63. The molecule has 0 aromatic heterocycles. The van der Waals surface area contributed by atoms with Crippen LogP contribution in [0.5, 0.6) is 0 Å². The minimum absolute atomic E-state index is 0.0183. The number of likely N-dealkylation sites (tertiary alicyclic amines) is 1. The number of carbonyl (C=O) groups is 2. The second-order valence-corrected chi connectivity index (χ2v) is 8.75.